The van der Waals surface area contributed by atoms with Gasteiger partial charge < -0.3 is 14.5 Å². The Labute approximate surface area is 167 Å². The predicted octanol–water partition coefficient (Wildman–Crippen LogP) is 4.83. The van der Waals surface area contributed by atoms with Gasteiger partial charge in [0.1, 0.15) is 22.8 Å². The smallest absolute Gasteiger partial charge is 0.287 e. The topological polar surface area (TPSA) is 64.4 Å². The van der Waals surface area contributed by atoms with Gasteiger partial charge in [0.2, 0.25) is 0 Å². The van der Waals surface area contributed by atoms with Crippen LogP contribution in [0, 0.1) is 5.82 Å². The van der Waals surface area contributed by atoms with Crippen molar-refractivity contribution in [2.24, 2.45) is 0 Å². The molecule has 0 spiro atoms. The van der Waals surface area contributed by atoms with Gasteiger partial charge in [0.05, 0.1) is 6.61 Å². The molecule has 1 N–H and O–H groups in total. The van der Waals surface area contributed by atoms with Gasteiger partial charge in [0.25, 0.3) is 5.91 Å². The van der Waals surface area contributed by atoms with E-state index in [4.69, 9.17) is 9.15 Å². The van der Waals surface area contributed by atoms with Crippen molar-refractivity contribution in [3.8, 4) is 17.1 Å². The summed E-state index contributed by atoms with van der Waals surface area (Å²) < 4.78 is 24.4. The van der Waals surface area contributed by atoms with Crippen molar-refractivity contribution in [3.05, 3.63) is 84.5 Å². The van der Waals surface area contributed by atoms with E-state index in [-0.39, 0.29) is 17.5 Å². The standard InChI is InChI=1S/C23H19FN2O3/c24-18-9-7-16(8-10-18)19-11-12-21(29-19)23(27)26-14-3-15-28-20-6-1-4-17-5-2-13-25-22(17)20/h1-2,4-13H,3,14-15H2,(H,26,27). The van der Waals surface area contributed by atoms with E-state index in [0.717, 1.165) is 16.7 Å². The third kappa shape index (κ3) is 4.43. The van der Waals surface area contributed by atoms with Gasteiger partial charge in [-0.25, -0.2) is 4.39 Å². The molecular formula is C23H19FN2O3. The van der Waals surface area contributed by atoms with Crippen molar-refractivity contribution in [1.82, 2.24) is 10.3 Å². The second-order valence-electron chi connectivity index (χ2n) is 6.46. The summed E-state index contributed by atoms with van der Waals surface area (Å²) in [7, 11) is 0. The number of aromatic nitrogens is 1. The van der Waals surface area contributed by atoms with Crippen LogP contribution in [-0.4, -0.2) is 24.0 Å². The van der Waals surface area contributed by atoms with Crippen LogP contribution >= 0.6 is 0 Å². The Bertz CT molecular complexity index is 1120. The molecule has 0 aliphatic carbocycles. The number of hydrogen-bond donors (Lipinski definition) is 1. The Morgan fingerprint density at radius 2 is 1.86 bits per heavy atom. The highest BCUT2D eigenvalue weighted by molar-refractivity contribution is 5.92. The third-order valence-corrected chi connectivity index (χ3v) is 4.42. The Hall–Kier alpha value is -3.67. The fraction of sp³-hybridized carbons (Fsp3) is 0.130. The Morgan fingerprint density at radius 3 is 2.72 bits per heavy atom. The number of rotatable bonds is 7. The number of fused-ring (bicyclic) bond motifs is 1. The van der Waals surface area contributed by atoms with Gasteiger partial charge in [-0.3, -0.25) is 9.78 Å². The van der Waals surface area contributed by atoms with Crippen molar-refractivity contribution in [1.29, 1.82) is 0 Å². The average Bonchev–Trinajstić information content (AvgIpc) is 3.24. The van der Waals surface area contributed by atoms with Crippen LogP contribution in [-0.2, 0) is 0 Å². The number of ether oxygens (including phenoxy) is 1. The molecule has 0 saturated carbocycles. The molecule has 6 heteroatoms. The van der Waals surface area contributed by atoms with E-state index in [1.165, 1.54) is 12.1 Å². The van der Waals surface area contributed by atoms with Gasteiger partial charge in [0, 0.05) is 23.7 Å². The van der Waals surface area contributed by atoms with Gasteiger partial charge in [0.15, 0.2) is 5.76 Å². The van der Waals surface area contributed by atoms with Crippen molar-refractivity contribution in [2.75, 3.05) is 13.2 Å². The molecule has 4 aromatic rings. The number of benzene rings is 2. The van der Waals surface area contributed by atoms with Crippen molar-refractivity contribution in [3.63, 3.8) is 0 Å². The molecule has 2 heterocycles. The number of carbonyl (C=O) groups is 1. The fourth-order valence-electron chi connectivity index (χ4n) is 2.97. The summed E-state index contributed by atoms with van der Waals surface area (Å²) in [5, 5.41) is 3.83. The molecule has 0 bridgehead atoms. The lowest BCUT2D eigenvalue weighted by molar-refractivity contribution is 0.0924. The van der Waals surface area contributed by atoms with Crippen LogP contribution in [0.2, 0.25) is 0 Å². The van der Waals surface area contributed by atoms with Crippen molar-refractivity contribution >= 4 is 16.8 Å². The number of nitrogens with zero attached hydrogens (tertiary/aromatic N) is 1. The summed E-state index contributed by atoms with van der Waals surface area (Å²) in [6, 6.07) is 18.9. The number of para-hydroxylation sites is 1. The van der Waals surface area contributed by atoms with Crippen LogP contribution in [0.1, 0.15) is 17.0 Å². The molecule has 0 unspecified atom stereocenters. The second kappa shape index (κ2) is 8.56. The maximum atomic E-state index is 13.0. The molecule has 0 fully saturated rings. The quantitative estimate of drug-likeness (QED) is 0.459. The van der Waals surface area contributed by atoms with E-state index >= 15 is 0 Å². The normalized spacial score (nSPS) is 10.8. The number of halogens is 1. The first kappa shape index (κ1) is 18.7. The molecule has 0 saturated heterocycles. The zero-order valence-corrected chi connectivity index (χ0v) is 15.6. The van der Waals surface area contributed by atoms with Gasteiger partial charge in [-0.1, -0.05) is 18.2 Å². The molecule has 0 aliphatic rings. The van der Waals surface area contributed by atoms with Crippen molar-refractivity contribution < 1.29 is 18.3 Å². The summed E-state index contributed by atoms with van der Waals surface area (Å²) in [5.74, 6) is 0.833. The van der Waals surface area contributed by atoms with Gasteiger partial charge >= 0.3 is 0 Å². The zero-order chi connectivity index (χ0) is 20.1. The lowest BCUT2D eigenvalue weighted by Gasteiger charge is -2.09. The summed E-state index contributed by atoms with van der Waals surface area (Å²) in [4.78, 5) is 16.6. The number of amides is 1. The van der Waals surface area contributed by atoms with E-state index in [0.29, 0.717) is 30.9 Å². The summed E-state index contributed by atoms with van der Waals surface area (Å²) >= 11 is 0. The molecular weight excluding hydrogens is 371 g/mol. The molecule has 2 aromatic heterocycles. The second-order valence-corrected chi connectivity index (χ2v) is 6.46. The predicted molar refractivity (Wildman–Crippen MR) is 108 cm³/mol. The van der Waals surface area contributed by atoms with Crippen LogP contribution in [0.15, 0.2) is 77.3 Å². The fourth-order valence-corrected chi connectivity index (χ4v) is 2.97. The first-order valence-corrected chi connectivity index (χ1v) is 9.31. The SMILES string of the molecule is O=C(NCCCOc1cccc2cccnc12)c1ccc(-c2ccc(F)cc2)o1. The van der Waals surface area contributed by atoms with E-state index < -0.39 is 0 Å². The Morgan fingerprint density at radius 1 is 1.03 bits per heavy atom. The number of carbonyl (C=O) groups excluding carboxylic acids is 1. The van der Waals surface area contributed by atoms with Crippen LogP contribution < -0.4 is 10.1 Å². The lowest BCUT2D eigenvalue weighted by Crippen LogP contribution is -2.25. The number of furan rings is 1. The molecule has 146 valence electrons. The Kier molecular flexibility index (Phi) is 5.52. The molecule has 0 radical (unpaired) electrons. The molecule has 2 aromatic carbocycles. The summed E-state index contributed by atoms with van der Waals surface area (Å²) in [6.07, 6.45) is 2.37. The van der Waals surface area contributed by atoms with Gasteiger partial charge in [-0.05, 0) is 55.0 Å². The largest absolute Gasteiger partial charge is 0.491 e. The highest BCUT2D eigenvalue weighted by Crippen LogP contribution is 2.23. The molecule has 29 heavy (non-hydrogen) atoms. The average molecular weight is 390 g/mol. The van der Waals surface area contributed by atoms with Crippen molar-refractivity contribution in [2.45, 2.75) is 6.42 Å². The summed E-state index contributed by atoms with van der Waals surface area (Å²) in [5.41, 5.74) is 1.53. The van der Waals surface area contributed by atoms with E-state index in [1.807, 2.05) is 30.3 Å². The Balaban J connectivity index is 1.27. The van der Waals surface area contributed by atoms with Crippen LogP contribution in [0.25, 0.3) is 22.2 Å². The van der Waals surface area contributed by atoms with Crippen LogP contribution in [0.3, 0.4) is 0 Å². The lowest BCUT2D eigenvalue weighted by atomic mass is 10.2. The minimum absolute atomic E-state index is 0.212. The van der Waals surface area contributed by atoms with E-state index in [2.05, 4.69) is 10.3 Å². The molecule has 0 aliphatic heterocycles. The first-order valence-electron chi connectivity index (χ1n) is 9.31. The minimum atomic E-state index is -0.320. The first-order chi connectivity index (χ1) is 14.2. The maximum absolute atomic E-state index is 13.0. The van der Waals surface area contributed by atoms with E-state index in [1.54, 1.807) is 30.5 Å². The minimum Gasteiger partial charge on any atom is -0.491 e. The van der Waals surface area contributed by atoms with Gasteiger partial charge in [-0.2, -0.15) is 0 Å². The molecule has 0 atom stereocenters. The van der Waals surface area contributed by atoms with Crippen LogP contribution in [0.5, 0.6) is 5.75 Å². The number of hydrogen-bond acceptors (Lipinski definition) is 4. The van der Waals surface area contributed by atoms with E-state index in [9.17, 15) is 9.18 Å². The number of pyridine rings is 1. The number of nitrogens with one attached hydrogen (secondary N) is 1. The summed E-state index contributed by atoms with van der Waals surface area (Å²) in [6.45, 7) is 0.901. The monoisotopic (exact) mass is 390 g/mol. The molecule has 5 nitrogen and oxygen atoms in total. The highest BCUT2D eigenvalue weighted by atomic mass is 19.1. The molecule has 4 rings (SSSR count). The third-order valence-electron chi connectivity index (χ3n) is 4.42. The highest BCUT2D eigenvalue weighted by Gasteiger charge is 2.12. The van der Waals surface area contributed by atoms with Gasteiger partial charge in [-0.15, -0.1) is 0 Å². The zero-order valence-electron chi connectivity index (χ0n) is 15.6. The molecule has 1 amide bonds. The van der Waals surface area contributed by atoms with Crippen LogP contribution in [0.4, 0.5) is 4.39 Å². The maximum Gasteiger partial charge on any atom is 0.287 e.